The van der Waals surface area contributed by atoms with Crippen LogP contribution < -0.4 is 0 Å². The normalized spacial score (nSPS) is 19.2. The van der Waals surface area contributed by atoms with Crippen LogP contribution in [0.3, 0.4) is 0 Å². The lowest BCUT2D eigenvalue weighted by atomic mass is 9.75. The number of carbonyl (C=O) groups excluding carboxylic acids is 1. The summed E-state index contributed by atoms with van der Waals surface area (Å²) in [5, 5.41) is 2.51. The predicted octanol–water partition coefficient (Wildman–Crippen LogP) is 6.90. The molecule has 0 radical (unpaired) electrons. The van der Waals surface area contributed by atoms with Crippen LogP contribution in [0.1, 0.15) is 41.5 Å². The van der Waals surface area contributed by atoms with Crippen molar-refractivity contribution >= 4 is 28.7 Å². The van der Waals surface area contributed by atoms with Crippen LogP contribution in [0.15, 0.2) is 73.8 Å². The lowest BCUT2D eigenvalue weighted by molar-refractivity contribution is -0.129. The lowest BCUT2D eigenvalue weighted by Crippen LogP contribution is -2.31. The van der Waals surface area contributed by atoms with Crippen LogP contribution >= 0.6 is 0 Å². The van der Waals surface area contributed by atoms with Crippen molar-refractivity contribution in [2.24, 2.45) is 11.8 Å². The van der Waals surface area contributed by atoms with Gasteiger partial charge in [-0.15, -0.1) is 0 Å². The molecule has 1 heteroatoms. The molecule has 1 nitrogen and oxygen atoms in total. The minimum atomic E-state index is 0.126. The third-order valence-corrected chi connectivity index (χ3v) is 6.28. The highest BCUT2D eigenvalue weighted by Gasteiger charge is 2.31. The average Bonchev–Trinajstić information content (AvgIpc) is 2.76. The van der Waals surface area contributed by atoms with Crippen molar-refractivity contribution in [3.63, 3.8) is 0 Å². The third kappa shape index (κ3) is 4.24. The summed E-state index contributed by atoms with van der Waals surface area (Å²) in [6, 6.07) is 21.4. The molecular weight excluding hydrogens is 352 g/mol. The molecule has 0 spiro atoms. The van der Waals surface area contributed by atoms with E-state index in [1.807, 2.05) is 12.2 Å². The number of benzene rings is 3. The Morgan fingerprint density at radius 1 is 0.759 bits per heavy atom. The second kappa shape index (κ2) is 8.61. The van der Waals surface area contributed by atoms with Gasteiger partial charge in [-0.1, -0.05) is 92.4 Å². The monoisotopic (exact) mass is 380 g/mol. The molecule has 3 aromatic rings. The molecular formula is C28H28O. The van der Waals surface area contributed by atoms with E-state index in [2.05, 4.69) is 73.8 Å². The standard InChI is InChI=1S/C28H28O/c1-3-22-14-12-20(16-23(22)4-2)18-26-10-7-11-27(28(26)29)19-21-13-15-24-8-5-6-9-25(24)17-21/h3-6,8-9,12-17,26-27H,1-2,7,10-11,18-19H2/t26-,27-/m0/s1. The molecule has 4 rings (SSSR count). The molecule has 0 N–H and O–H groups in total. The predicted molar refractivity (Wildman–Crippen MR) is 124 cm³/mol. The lowest BCUT2D eigenvalue weighted by Gasteiger charge is -2.28. The van der Waals surface area contributed by atoms with Crippen LogP contribution in [-0.4, -0.2) is 5.78 Å². The molecule has 0 bridgehead atoms. The Hall–Kier alpha value is -2.93. The molecule has 1 fully saturated rings. The second-order valence-electron chi connectivity index (χ2n) is 8.19. The van der Waals surface area contributed by atoms with E-state index < -0.39 is 0 Å². The molecule has 2 atom stereocenters. The maximum Gasteiger partial charge on any atom is 0.139 e. The van der Waals surface area contributed by atoms with Crippen LogP contribution in [-0.2, 0) is 17.6 Å². The van der Waals surface area contributed by atoms with Crippen LogP contribution in [0.4, 0.5) is 0 Å². The van der Waals surface area contributed by atoms with E-state index >= 15 is 0 Å². The van der Waals surface area contributed by atoms with Gasteiger partial charge in [-0.05, 0) is 58.7 Å². The number of Topliss-reactive ketones (excluding diaryl/α,β-unsaturated/α-hetero) is 1. The molecule has 1 aliphatic rings. The molecule has 0 aromatic heterocycles. The first-order valence-corrected chi connectivity index (χ1v) is 10.6. The number of hydrogen-bond donors (Lipinski definition) is 0. The summed E-state index contributed by atoms with van der Waals surface area (Å²) in [7, 11) is 0. The van der Waals surface area contributed by atoms with Gasteiger partial charge in [0.2, 0.25) is 0 Å². The van der Waals surface area contributed by atoms with E-state index in [4.69, 9.17) is 0 Å². The summed E-state index contributed by atoms with van der Waals surface area (Å²) in [5.74, 6) is 0.708. The number of ketones is 1. The van der Waals surface area contributed by atoms with Gasteiger partial charge in [0.25, 0.3) is 0 Å². The molecule has 0 aliphatic heterocycles. The smallest absolute Gasteiger partial charge is 0.139 e. The van der Waals surface area contributed by atoms with Crippen LogP contribution in [0, 0.1) is 11.8 Å². The molecule has 1 saturated carbocycles. The zero-order valence-electron chi connectivity index (χ0n) is 16.9. The summed E-state index contributed by atoms with van der Waals surface area (Å²) in [6.07, 6.45) is 8.54. The third-order valence-electron chi connectivity index (χ3n) is 6.28. The Bertz CT molecular complexity index is 1060. The zero-order valence-corrected chi connectivity index (χ0v) is 16.9. The molecule has 3 aromatic carbocycles. The Morgan fingerprint density at radius 2 is 1.38 bits per heavy atom. The summed E-state index contributed by atoms with van der Waals surface area (Å²) in [5.41, 5.74) is 4.67. The minimum absolute atomic E-state index is 0.126. The van der Waals surface area contributed by atoms with E-state index in [0.29, 0.717) is 5.78 Å². The molecule has 1 aliphatic carbocycles. The topological polar surface area (TPSA) is 17.1 Å². The first-order valence-electron chi connectivity index (χ1n) is 10.6. The van der Waals surface area contributed by atoms with Crippen molar-refractivity contribution in [3.05, 3.63) is 96.1 Å². The van der Waals surface area contributed by atoms with E-state index in [-0.39, 0.29) is 11.8 Å². The largest absolute Gasteiger partial charge is 0.299 e. The van der Waals surface area contributed by atoms with Gasteiger partial charge < -0.3 is 0 Å². The highest BCUT2D eigenvalue weighted by atomic mass is 16.1. The van der Waals surface area contributed by atoms with Crippen LogP contribution in [0.5, 0.6) is 0 Å². The number of fused-ring (bicyclic) bond motifs is 1. The molecule has 146 valence electrons. The maximum absolute atomic E-state index is 13.2. The van der Waals surface area contributed by atoms with Crippen molar-refractivity contribution in [3.8, 4) is 0 Å². The molecule has 0 heterocycles. The van der Waals surface area contributed by atoms with E-state index in [1.165, 1.54) is 21.9 Å². The van der Waals surface area contributed by atoms with Gasteiger partial charge in [0, 0.05) is 11.8 Å². The maximum atomic E-state index is 13.2. The minimum Gasteiger partial charge on any atom is -0.299 e. The van der Waals surface area contributed by atoms with Gasteiger partial charge >= 0.3 is 0 Å². The van der Waals surface area contributed by atoms with E-state index in [9.17, 15) is 4.79 Å². The Kier molecular flexibility index (Phi) is 5.76. The summed E-state index contributed by atoms with van der Waals surface area (Å²) in [6.45, 7) is 7.77. The molecule has 0 saturated heterocycles. The number of carbonyl (C=O) groups is 1. The van der Waals surface area contributed by atoms with Crippen LogP contribution in [0.25, 0.3) is 22.9 Å². The van der Waals surface area contributed by atoms with Crippen LogP contribution in [0.2, 0.25) is 0 Å². The molecule has 0 unspecified atom stereocenters. The quantitative estimate of drug-likeness (QED) is 0.455. The van der Waals surface area contributed by atoms with Crippen molar-refractivity contribution in [2.75, 3.05) is 0 Å². The zero-order chi connectivity index (χ0) is 20.2. The van der Waals surface area contributed by atoms with E-state index in [1.54, 1.807) is 0 Å². The summed E-state index contributed by atoms with van der Waals surface area (Å²) >= 11 is 0. The van der Waals surface area contributed by atoms with Gasteiger partial charge in [0.05, 0.1) is 0 Å². The van der Waals surface area contributed by atoms with Gasteiger partial charge in [0.15, 0.2) is 0 Å². The van der Waals surface area contributed by atoms with E-state index in [0.717, 1.165) is 43.2 Å². The Labute approximate surface area is 173 Å². The average molecular weight is 381 g/mol. The van der Waals surface area contributed by atoms with Gasteiger partial charge in [-0.25, -0.2) is 0 Å². The first kappa shape index (κ1) is 19.4. The SMILES string of the molecule is C=Cc1ccc(C[C@@H]2CCC[C@@H](Cc3ccc4ccccc4c3)C2=O)cc1C=C. The first-order chi connectivity index (χ1) is 14.2. The second-order valence-corrected chi connectivity index (χ2v) is 8.19. The van der Waals surface area contributed by atoms with Crippen molar-refractivity contribution in [1.29, 1.82) is 0 Å². The fourth-order valence-corrected chi connectivity index (χ4v) is 4.68. The Morgan fingerprint density at radius 3 is 2.07 bits per heavy atom. The Balaban J connectivity index is 1.48. The fraction of sp³-hybridized carbons (Fsp3) is 0.250. The summed E-state index contributed by atoms with van der Waals surface area (Å²) < 4.78 is 0. The fourth-order valence-electron chi connectivity index (χ4n) is 4.68. The summed E-state index contributed by atoms with van der Waals surface area (Å²) in [4.78, 5) is 13.2. The van der Waals surface area contributed by atoms with Crippen molar-refractivity contribution in [1.82, 2.24) is 0 Å². The van der Waals surface area contributed by atoms with Crippen molar-refractivity contribution in [2.45, 2.75) is 32.1 Å². The molecule has 29 heavy (non-hydrogen) atoms. The van der Waals surface area contributed by atoms with Crippen molar-refractivity contribution < 1.29 is 4.79 Å². The number of hydrogen-bond acceptors (Lipinski definition) is 1. The number of rotatable bonds is 6. The molecule has 0 amide bonds. The van der Waals surface area contributed by atoms with Gasteiger partial charge in [-0.3, -0.25) is 4.79 Å². The highest BCUT2D eigenvalue weighted by Crippen LogP contribution is 2.32. The van der Waals surface area contributed by atoms with Gasteiger partial charge in [0.1, 0.15) is 5.78 Å². The van der Waals surface area contributed by atoms with Gasteiger partial charge in [-0.2, -0.15) is 0 Å². The highest BCUT2D eigenvalue weighted by molar-refractivity contribution is 5.86.